The van der Waals surface area contributed by atoms with E-state index in [1.54, 1.807) is 23.1 Å². The van der Waals surface area contributed by atoms with Crippen LogP contribution in [0.25, 0.3) is 0 Å². The maximum atomic E-state index is 12.5. The molecule has 0 spiro atoms. The predicted molar refractivity (Wildman–Crippen MR) is 113 cm³/mol. The summed E-state index contributed by atoms with van der Waals surface area (Å²) in [5.41, 5.74) is 1.31. The molecule has 1 saturated heterocycles. The number of nitrogens with one attached hydrogen (secondary N) is 1. The maximum Gasteiger partial charge on any atom is 0.269 e. The molecule has 2 aliphatic rings. The number of hydrogen-bond donors (Lipinski definition) is 1. The van der Waals surface area contributed by atoms with E-state index in [1.165, 1.54) is 24.3 Å². The second kappa shape index (κ2) is 9.11. The van der Waals surface area contributed by atoms with Gasteiger partial charge < -0.3 is 19.7 Å². The number of ether oxygens (including phenoxy) is 2. The van der Waals surface area contributed by atoms with Crippen LogP contribution in [-0.2, 0) is 9.53 Å². The number of amides is 2. The summed E-state index contributed by atoms with van der Waals surface area (Å²) in [5.74, 6) is 0.0345. The first-order valence-electron chi connectivity index (χ1n) is 9.94. The molecule has 2 heterocycles. The Morgan fingerprint density at radius 1 is 1.10 bits per heavy atom. The number of hydrogen-bond acceptors (Lipinski definition) is 7. The molecule has 4 rings (SSSR count). The molecule has 31 heavy (non-hydrogen) atoms. The number of anilines is 2. The van der Waals surface area contributed by atoms with Crippen LogP contribution < -0.4 is 15.0 Å². The Labute approximate surface area is 178 Å². The van der Waals surface area contributed by atoms with Gasteiger partial charge in [0.25, 0.3) is 17.5 Å². The summed E-state index contributed by atoms with van der Waals surface area (Å²) in [6, 6.07) is 10.5. The number of rotatable bonds is 6. The van der Waals surface area contributed by atoms with Crippen LogP contribution in [0.1, 0.15) is 10.4 Å². The SMILES string of the molecule is O=C(Nc1ccc2c(c1)N(CCN1CCOCC1)C(=O)CO2)c1ccc([N+](=O)[O-])cc1. The smallest absolute Gasteiger partial charge is 0.269 e. The Balaban J connectivity index is 1.47. The van der Waals surface area contributed by atoms with Gasteiger partial charge in [-0.05, 0) is 30.3 Å². The summed E-state index contributed by atoms with van der Waals surface area (Å²) >= 11 is 0. The molecule has 2 aliphatic heterocycles. The van der Waals surface area contributed by atoms with Crippen LogP contribution in [0.2, 0.25) is 0 Å². The second-order valence-electron chi connectivity index (χ2n) is 7.23. The van der Waals surface area contributed by atoms with Crippen molar-refractivity contribution in [1.29, 1.82) is 0 Å². The zero-order valence-corrected chi connectivity index (χ0v) is 16.8. The fraction of sp³-hybridized carbons (Fsp3) is 0.333. The molecule has 162 valence electrons. The number of nitrogens with zero attached hydrogens (tertiary/aromatic N) is 3. The van der Waals surface area contributed by atoms with Gasteiger partial charge in [0.1, 0.15) is 5.75 Å². The van der Waals surface area contributed by atoms with E-state index in [1.807, 2.05) is 0 Å². The number of fused-ring (bicyclic) bond motifs is 1. The minimum atomic E-state index is -0.520. The van der Waals surface area contributed by atoms with Crippen LogP contribution in [0.5, 0.6) is 5.75 Å². The molecule has 2 aromatic carbocycles. The quantitative estimate of drug-likeness (QED) is 0.554. The maximum absolute atomic E-state index is 12.5. The lowest BCUT2D eigenvalue weighted by atomic mass is 10.1. The number of morpholine rings is 1. The predicted octanol–water partition coefficient (Wildman–Crippen LogP) is 1.90. The Kier molecular flexibility index (Phi) is 6.10. The minimum Gasteiger partial charge on any atom is -0.482 e. The zero-order chi connectivity index (χ0) is 21.8. The molecule has 2 aromatic rings. The van der Waals surface area contributed by atoms with Crippen molar-refractivity contribution in [2.24, 2.45) is 0 Å². The van der Waals surface area contributed by atoms with Crippen LogP contribution in [0.15, 0.2) is 42.5 Å². The van der Waals surface area contributed by atoms with E-state index in [0.717, 1.165) is 13.1 Å². The average molecular weight is 426 g/mol. The summed E-state index contributed by atoms with van der Waals surface area (Å²) < 4.78 is 10.9. The van der Waals surface area contributed by atoms with Crippen LogP contribution in [-0.4, -0.2) is 67.6 Å². The van der Waals surface area contributed by atoms with Crippen molar-refractivity contribution >= 4 is 28.9 Å². The Hall–Kier alpha value is -3.50. The van der Waals surface area contributed by atoms with Gasteiger partial charge in [-0.25, -0.2) is 0 Å². The molecule has 0 aromatic heterocycles. The molecule has 0 bridgehead atoms. The topological polar surface area (TPSA) is 114 Å². The van der Waals surface area contributed by atoms with Gasteiger partial charge in [0.15, 0.2) is 6.61 Å². The van der Waals surface area contributed by atoms with E-state index in [4.69, 9.17) is 9.47 Å². The van der Waals surface area contributed by atoms with Crippen molar-refractivity contribution in [1.82, 2.24) is 4.90 Å². The highest BCUT2D eigenvalue weighted by molar-refractivity contribution is 6.05. The second-order valence-corrected chi connectivity index (χ2v) is 7.23. The van der Waals surface area contributed by atoms with E-state index >= 15 is 0 Å². The number of benzene rings is 2. The highest BCUT2D eigenvalue weighted by Crippen LogP contribution is 2.34. The number of non-ortho nitro benzene ring substituents is 1. The lowest BCUT2D eigenvalue weighted by Crippen LogP contribution is -2.45. The van der Waals surface area contributed by atoms with Gasteiger partial charge in [-0.15, -0.1) is 0 Å². The van der Waals surface area contributed by atoms with Crippen molar-refractivity contribution in [3.05, 3.63) is 58.1 Å². The van der Waals surface area contributed by atoms with Crippen LogP contribution >= 0.6 is 0 Å². The number of carbonyl (C=O) groups is 2. The van der Waals surface area contributed by atoms with Gasteiger partial charge in [0.05, 0.1) is 23.8 Å². The first kappa shape index (κ1) is 20.8. The molecule has 0 atom stereocenters. The fourth-order valence-corrected chi connectivity index (χ4v) is 3.53. The van der Waals surface area contributed by atoms with Gasteiger partial charge in [-0.2, -0.15) is 0 Å². The summed E-state index contributed by atoms with van der Waals surface area (Å²) in [5, 5.41) is 13.5. The molecule has 10 heteroatoms. The molecule has 2 amide bonds. The third-order valence-electron chi connectivity index (χ3n) is 5.24. The highest BCUT2D eigenvalue weighted by atomic mass is 16.6. The standard InChI is InChI=1S/C21H22N4O6/c26-20-14-31-19-6-3-16(22-21(27)15-1-4-17(5-2-15)25(28)29)13-18(19)24(20)8-7-23-9-11-30-12-10-23/h1-6,13H,7-12,14H2,(H,22,27). The van der Waals surface area contributed by atoms with E-state index in [2.05, 4.69) is 10.2 Å². The van der Waals surface area contributed by atoms with Crippen molar-refractivity contribution in [2.45, 2.75) is 0 Å². The largest absolute Gasteiger partial charge is 0.482 e. The average Bonchev–Trinajstić information content (AvgIpc) is 2.79. The van der Waals surface area contributed by atoms with Crippen molar-refractivity contribution in [3.63, 3.8) is 0 Å². The third-order valence-corrected chi connectivity index (χ3v) is 5.24. The van der Waals surface area contributed by atoms with E-state index in [-0.39, 0.29) is 18.2 Å². The van der Waals surface area contributed by atoms with Crippen LogP contribution in [0.4, 0.5) is 17.1 Å². The molecule has 0 aliphatic carbocycles. The first-order valence-corrected chi connectivity index (χ1v) is 9.94. The fourth-order valence-electron chi connectivity index (χ4n) is 3.53. The van der Waals surface area contributed by atoms with Gasteiger partial charge >= 0.3 is 0 Å². The minimum absolute atomic E-state index is 0.0232. The van der Waals surface area contributed by atoms with E-state index < -0.39 is 10.8 Å². The van der Waals surface area contributed by atoms with Crippen molar-refractivity contribution < 1.29 is 24.0 Å². The van der Waals surface area contributed by atoms with Gasteiger partial charge in [-0.3, -0.25) is 24.6 Å². The first-order chi connectivity index (χ1) is 15.0. The third kappa shape index (κ3) is 4.81. The summed E-state index contributed by atoms with van der Waals surface area (Å²) in [6.45, 7) is 4.24. The van der Waals surface area contributed by atoms with Gasteiger partial charge in [0, 0.05) is 49.6 Å². The Morgan fingerprint density at radius 3 is 2.55 bits per heavy atom. The van der Waals surface area contributed by atoms with Gasteiger partial charge in [-0.1, -0.05) is 0 Å². The number of nitro benzene ring substituents is 1. The van der Waals surface area contributed by atoms with Crippen LogP contribution in [0, 0.1) is 10.1 Å². The van der Waals surface area contributed by atoms with E-state index in [9.17, 15) is 19.7 Å². The molecule has 0 unspecified atom stereocenters. The summed E-state index contributed by atoms with van der Waals surface area (Å²) in [4.78, 5) is 39.2. The number of nitro groups is 1. The molecule has 10 nitrogen and oxygen atoms in total. The Morgan fingerprint density at radius 2 is 1.84 bits per heavy atom. The van der Waals surface area contributed by atoms with E-state index in [0.29, 0.717) is 49.0 Å². The lowest BCUT2D eigenvalue weighted by Gasteiger charge is -2.33. The molecule has 1 N–H and O–H groups in total. The molecule has 0 saturated carbocycles. The van der Waals surface area contributed by atoms with Crippen molar-refractivity contribution in [3.8, 4) is 5.75 Å². The normalized spacial score (nSPS) is 16.4. The highest BCUT2D eigenvalue weighted by Gasteiger charge is 2.26. The Bertz CT molecular complexity index is 988. The van der Waals surface area contributed by atoms with Gasteiger partial charge in [0.2, 0.25) is 0 Å². The monoisotopic (exact) mass is 426 g/mol. The zero-order valence-electron chi connectivity index (χ0n) is 16.8. The molecular weight excluding hydrogens is 404 g/mol. The molecular formula is C21H22N4O6. The molecule has 1 fully saturated rings. The number of carbonyl (C=O) groups excluding carboxylic acids is 2. The lowest BCUT2D eigenvalue weighted by molar-refractivity contribution is -0.384. The van der Waals surface area contributed by atoms with Crippen LogP contribution in [0.3, 0.4) is 0 Å². The summed E-state index contributed by atoms with van der Waals surface area (Å²) in [6.07, 6.45) is 0. The summed E-state index contributed by atoms with van der Waals surface area (Å²) in [7, 11) is 0. The molecule has 0 radical (unpaired) electrons. The van der Waals surface area contributed by atoms with Crippen molar-refractivity contribution in [2.75, 3.05) is 56.2 Å².